The van der Waals surface area contributed by atoms with E-state index in [2.05, 4.69) is 5.10 Å². The third kappa shape index (κ3) is 2.77. The summed E-state index contributed by atoms with van der Waals surface area (Å²) in [5.74, 6) is -1.37. The Kier molecular flexibility index (Phi) is 4.34. The molecule has 0 unspecified atom stereocenters. The number of aromatic nitrogens is 2. The minimum Gasteiger partial charge on any atom is -0.480 e. The second kappa shape index (κ2) is 5.42. The Bertz CT molecular complexity index is 491. The van der Waals surface area contributed by atoms with Crippen LogP contribution < -0.4 is 0 Å². The molecule has 0 atom stereocenters. The molecular formula is C13H21N3O3. The number of hydrogen-bond acceptors (Lipinski definition) is 3. The first kappa shape index (κ1) is 15.2. The summed E-state index contributed by atoms with van der Waals surface area (Å²) in [4.78, 5) is 24.8. The molecule has 0 bridgehead atoms. The lowest BCUT2D eigenvalue weighted by atomic mass is 10.0. The number of carbonyl (C=O) groups excluding carboxylic acids is 1. The van der Waals surface area contributed by atoms with E-state index in [1.54, 1.807) is 10.7 Å². The van der Waals surface area contributed by atoms with E-state index in [1.807, 2.05) is 13.8 Å². The summed E-state index contributed by atoms with van der Waals surface area (Å²) in [7, 11) is 1.50. The topological polar surface area (TPSA) is 75.4 Å². The molecule has 1 rings (SSSR count). The highest BCUT2D eigenvalue weighted by Gasteiger charge is 2.36. The number of hydrogen-bond donors (Lipinski definition) is 1. The molecule has 6 heteroatoms. The number of carboxylic acids is 1. The lowest BCUT2D eigenvalue weighted by Crippen LogP contribution is -2.51. The van der Waals surface area contributed by atoms with Gasteiger partial charge in [0.25, 0.3) is 5.91 Å². The molecule has 1 aromatic rings. The van der Waals surface area contributed by atoms with Gasteiger partial charge in [0, 0.05) is 13.6 Å². The van der Waals surface area contributed by atoms with Gasteiger partial charge in [0.15, 0.2) is 0 Å². The average Bonchev–Trinajstić information content (AvgIpc) is 2.79. The predicted molar refractivity (Wildman–Crippen MR) is 71.1 cm³/mol. The fourth-order valence-corrected chi connectivity index (χ4v) is 1.63. The Balaban J connectivity index is 3.13. The van der Waals surface area contributed by atoms with E-state index in [9.17, 15) is 9.59 Å². The van der Waals surface area contributed by atoms with Gasteiger partial charge in [-0.3, -0.25) is 9.48 Å². The van der Waals surface area contributed by atoms with E-state index in [-0.39, 0.29) is 5.91 Å². The fourth-order valence-electron chi connectivity index (χ4n) is 1.63. The normalized spacial score (nSPS) is 11.4. The van der Waals surface area contributed by atoms with Crippen LogP contribution in [0.3, 0.4) is 0 Å². The first-order valence-electron chi connectivity index (χ1n) is 6.33. The molecule has 106 valence electrons. The molecule has 1 heterocycles. The molecule has 0 aliphatic carbocycles. The van der Waals surface area contributed by atoms with Crippen LogP contribution in [0.25, 0.3) is 0 Å². The number of amides is 1. The number of carbonyl (C=O) groups is 2. The number of aryl methyl sites for hydroxylation is 2. The van der Waals surface area contributed by atoms with Crippen molar-refractivity contribution >= 4 is 11.9 Å². The third-order valence-electron chi connectivity index (χ3n) is 3.38. The second-order valence-electron chi connectivity index (χ2n) is 4.92. The monoisotopic (exact) mass is 267 g/mol. The molecule has 19 heavy (non-hydrogen) atoms. The molecular weight excluding hydrogens is 246 g/mol. The van der Waals surface area contributed by atoms with Crippen molar-refractivity contribution in [3.8, 4) is 0 Å². The van der Waals surface area contributed by atoms with Gasteiger partial charge in [0.1, 0.15) is 11.2 Å². The first-order chi connectivity index (χ1) is 8.75. The van der Waals surface area contributed by atoms with Crippen LogP contribution in [0.4, 0.5) is 0 Å². The number of rotatable bonds is 5. The summed E-state index contributed by atoms with van der Waals surface area (Å²) < 4.78 is 1.61. The Morgan fingerprint density at radius 2 is 2.00 bits per heavy atom. The predicted octanol–water partition coefficient (Wildman–Crippen LogP) is 1.40. The van der Waals surface area contributed by atoms with Crippen LogP contribution in [0.1, 0.15) is 43.9 Å². The minimum absolute atomic E-state index is 0.332. The summed E-state index contributed by atoms with van der Waals surface area (Å²) >= 11 is 0. The van der Waals surface area contributed by atoms with Gasteiger partial charge in [-0.05, 0) is 33.3 Å². The molecule has 0 saturated carbocycles. The molecule has 0 aromatic carbocycles. The first-order valence-corrected chi connectivity index (χ1v) is 6.33. The zero-order valence-corrected chi connectivity index (χ0v) is 12.1. The van der Waals surface area contributed by atoms with Gasteiger partial charge in [-0.15, -0.1) is 0 Å². The van der Waals surface area contributed by atoms with E-state index >= 15 is 0 Å². The van der Waals surface area contributed by atoms with Crippen molar-refractivity contribution in [2.75, 3.05) is 7.05 Å². The Hall–Kier alpha value is -1.85. The average molecular weight is 267 g/mol. The Labute approximate surface area is 113 Å². The van der Waals surface area contributed by atoms with Crippen molar-refractivity contribution in [2.45, 2.75) is 46.2 Å². The highest BCUT2D eigenvalue weighted by Crippen LogP contribution is 2.17. The van der Waals surface area contributed by atoms with Gasteiger partial charge in [-0.25, -0.2) is 4.79 Å². The van der Waals surface area contributed by atoms with Crippen LogP contribution in [0.15, 0.2) is 6.07 Å². The third-order valence-corrected chi connectivity index (χ3v) is 3.38. The van der Waals surface area contributed by atoms with E-state index in [0.717, 1.165) is 12.1 Å². The van der Waals surface area contributed by atoms with Crippen molar-refractivity contribution in [2.24, 2.45) is 0 Å². The smallest absolute Gasteiger partial charge is 0.329 e. The quantitative estimate of drug-likeness (QED) is 0.875. The van der Waals surface area contributed by atoms with Crippen molar-refractivity contribution in [3.05, 3.63) is 17.5 Å². The zero-order valence-electron chi connectivity index (χ0n) is 12.1. The van der Waals surface area contributed by atoms with Crippen LogP contribution in [-0.2, 0) is 17.8 Å². The van der Waals surface area contributed by atoms with E-state index in [0.29, 0.717) is 12.2 Å². The summed E-state index contributed by atoms with van der Waals surface area (Å²) in [6.07, 6.45) is 0.735. The molecule has 1 amide bonds. The molecule has 0 aliphatic rings. The fraction of sp³-hybridized carbons (Fsp3) is 0.615. The lowest BCUT2D eigenvalue weighted by molar-refractivity contribution is -0.147. The van der Waals surface area contributed by atoms with Crippen molar-refractivity contribution in [1.29, 1.82) is 0 Å². The Morgan fingerprint density at radius 1 is 1.42 bits per heavy atom. The second-order valence-corrected chi connectivity index (χ2v) is 4.92. The van der Waals surface area contributed by atoms with Gasteiger partial charge >= 0.3 is 5.97 Å². The summed E-state index contributed by atoms with van der Waals surface area (Å²) in [5.41, 5.74) is -0.00495. The molecule has 0 saturated heterocycles. The zero-order chi connectivity index (χ0) is 14.8. The van der Waals surface area contributed by atoms with Crippen molar-refractivity contribution in [3.63, 3.8) is 0 Å². The summed E-state index contributed by atoms with van der Waals surface area (Å²) in [6, 6.07) is 1.72. The minimum atomic E-state index is -1.26. The maximum atomic E-state index is 12.4. The standard InChI is InChI=1S/C13H21N3O3/c1-6-9-8-10(16(7-2)14-9)11(17)15(5)13(3,4)12(18)19/h8H,6-7H2,1-5H3,(H,18,19). The van der Waals surface area contributed by atoms with Crippen LogP contribution in [0.5, 0.6) is 0 Å². The summed E-state index contributed by atoms with van der Waals surface area (Å²) in [5, 5.41) is 13.5. The number of aliphatic carboxylic acids is 1. The highest BCUT2D eigenvalue weighted by atomic mass is 16.4. The molecule has 0 aliphatic heterocycles. The maximum absolute atomic E-state index is 12.4. The molecule has 1 aromatic heterocycles. The van der Waals surface area contributed by atoms with E-state index in [4.69, 9.17) is 5.11 Å². The molecule has 0 spiro atoms. The summed E-state index contributed by atoms with van der Waals surface area (Å²) in [6.45, 7) is 7.43. The van der Waals surface area contributed by atoms with Crippen LogP contribution in [0.2, 0.25) is 0 Å². The number of likely N-dealkylation sites (N-methyl/N-ethyl adjacent to an activating group) is 1. The van der Waals surface area contributed by atoms with Crippen LogP contribution in [-0.4, -0.2) is 44.3 Å². The highest BCUT2D eigenvalue weighted by molar-refractivity contribution is 5.96. The van der Waals surface area contributed by atoms with Gasteiger partial charge in [-0.1, -0.05) is 6.92 Å². The van der Waals surface area contributed by atoms with E-state index < -0.39 is 11.5 Å². The van der Waals surface area contributed by atoms with Gasteiger partial charge in [-0.2, -0.15) is 5.10 Å². The van der Waals surface area contributed by atoms with Gasteiger partial charge in [0.2, 0.25) is 0 Å². The number of carboxylic acid groups (broad SMARTS) is 1. The molecule has 1 N–H and O–H groups in total. The van der Waals surface area contributed by atoms with Crippen LogP contribution in [0, 0.1) is 0 Å². The molecule has 0 radical (unpaired) electrons. The van der Waals surface area contributed by atoms with Crippen molar-refractivity contribution < 1.29 is 14.7 Å². The maximum Gasteiger partial charge on any atom is 0.329 e. The SMILES string of the molecule is CCc1cc(C(=O)N(C)C(C)(C)C(=O)O)n(CC)n1. The molecule has 0 fully saturated rings. The van der Waals surface area contributed by atoms with Crippen LogP contribution >= 0.6 is 0 Å². The van der Waals surface area contributed by atoms with E-state index in [1.165, 1.54) is 25.8 Å². The largest absolute Gasteiger partial charge is 0.480 e. The number of nitrogens with zero attached hydrogens (tertiary/aromatic N) is 3. The van der Waals surface area contributed by atoms with Gasteiger partial charge in [0.05, 0.1) is 5.69 Å². The molecule has 6 nitrogen and oxygen atoms in total. The Morgan fingerprint density at radius 3 is 2.42 bits per heavy atom. The lowest BCUT2D eigenvalue weighted by Gasteiger charge is -2.31. The van der Waals surface area contributed by atoms with Crippen molar-refractivity contribution in [1.82, 2.24) is 14.7 Å². The van der Waals surface area contributed by atoms with Gasteiger partial charge < -0.3 is 10.0 Å².